The van der Waals surface area contributed by atoms with Crippen LogP contribution in [0.5, 0.6) is 11.5 Å². The highest BCUT2D eigenvalue weighted by atomic mass is 35.5. The Morgan fingerprint density at radius 3 is 2.55 bits per heavy atom. The molecule has 29 heavy (non-hydrogen) atoms. The minimum absolute atomic E-state index is 0.0110. The van der Waals surface area contributed by atoms with Crippen LogP contribution in [-0.4, -0.2) is 29.4 Å². The maximum Gasteiger partial charge on any atom is 0.387 e. The molecule has 2 aromatic carbocycles. The lowest BCUT2D eigenvalue weighted by molar-refractivity contribution is -0.0512. The predicted octanol–water partition coefficient (Wildman–Crippen LogP) is 5.10. The number of hydrogen-bond acceptors (Lipinski definition) is 4. The van der Waals surface area contributed by atoms with E-state index >= 15 is 0 Å². The Labute approximate surface area is 174 Å². The fourth-order valence-corrected chi connectivity index (χ4v) is 3.07. The summed E-state index contributed by atoms with van der Waals surface area (Å²) in [4.78, 5) is 12.4. The first kappa shape index (κ1) is 20.9. The van der Waals surface area contributed by atoms with Crippen molar-refractivity contribution in [1.29, 1.82) is 0 Å². The predicted molar refractivity (Wildman–Crippen MR) is 105 cm³/mol. The third-order valence-electron chi connectivity index (χ3n) is 3.91. The number of carbonyl (C=O) groups is 1. The van der Waals surface area contributed by atoms with E-state index in [2.05, 4.69) is 15.2 Å². The first-order valence-corrected chi connectivity index (χ1v) is 9.03. The molecule has 6 nitrogen and oxygen atoms in total. The Morgan fingerprint density at radius 1 is 1.17 bits per heavy atom. The molecule has 0 unspecified atom stereocenters. The van der Waals surface area contributed by atoms with E-state index in [0.29, 0.717) is 28.0 Å². The monoisotopic (exact) mass is 441 g/mol. The zero-order valence-corrected chi connectivity index (χ0v) is 16.5. The fourth-order valence-electron chi connectivity index (χ4n) is 2.55. The standard InChI is InChI=1S/C19H15Cl2F2N3O3/c1-28-16-9-11(5-6-15(16)29-19(22)23)18(27)24-17-7-8-26(25-17)10-12-13(20)3-2-4-14(12)21/h2-9,19H,10H2,1H3,(H,24,25,27). The summed E-state index contributed by atoms with van der Waals surface area (Å²) in [6.45, 7) is -2.68. The third kappa shape index (κ3) is 5.16. The molecule has 1 amide bonds. The van der Waals surface area contributed by atoms with Crippen LogP contribution >= 0.6 is 23.2 Å². The number of ether oxygens (including phenoxy) is 2. The van der Waals surface area contributed by atoms with Gasteiger partial charge in [-0.1, -0.05) is 29.3 Å². The topological polar surface area (TPSA) is 65.4 Å². The molecule has 0 aliphatic rings. The van der Waals surface area contributed by atoms with Gasteiger partial charge in [0.1, 0.15) is 0 Å². The average Bonchev–Trinajstić information content (AvgIpc) is 3.11. The average molecular weight is 442 g/mol. The van der Waals surface area contributed by atoms with Gasteiger partial charge in [0.2, 0.25) is 0 Å². The number of amides is 1. The van der Waals surface area contributed by atoms with E-state index in [-0.39, 0.29) is 17.1 Å². The highest BCUT2D eigenvalue weighted by Gasteiger charge is 2.15. The van der Waals surface area contributed by atoms with Crippen LogP contribution in [0.25, 0.3) is 0 Å². The molecular formula is C19H15Cl2F2N3O3. The van der Waals surface area contributed by atoms with E-state index in [9.17, 15) is 13.6 Å². The summed E-state index contributed by atoms with van der Waals surface area (Å²) >= 11 is 12.3. The molecule has 152 valence electrons. The highest BCUT2D eigenvalue weighted by Crippen LogP contribution is 2.30. The number of halogens is 4. The molecule has 0 radical (unpaired) electrons. The zero-order valence-electron chi connectivity index (χ0n) is 15.0. The SMILES string of the molecule is COc1cc(C(=O)Nc2ccn(Cc3c(Cl)cccc3Cl)n2)ccc1OC(F)F. The van der Waals surface area contributed by atoms with Gasteiger partial charge >= 0.3 is 6.61 Å². The minimum atomic E-state index is -3.00. The third-order valence-corrected chi connectivity index (χ3v) is 4.61. The van der Waals surface area contributed by atoms with Crippen LogP contribution < -0.4 is 14.8 Å². The number of nitrogens with zero attached hydrogens (tertiary/aromatic N) is 2. The van der Waals surface area contributed by atoms with Gasteiger partial charge in [0.05, 0.1) is 13.7 Å². The second-order valence-corrected chi connectivity index (χ2v) is 6.61. The lowest BCUT2D eigenvalue weighted by Crippen LogP contribution is -2.13. The number of hydrogen-bond donors (Lipinski definition) is 1. The molecule has 0 bridgehead atoms. The Hall–Kier alpha value is -2.84. The van der Waals surface area contributed by atoms with Gasteiger partial charge in [-0.25, -0.2) is 0 Å². The van der Waals surface area contributed by atoms with Crippen LogP contribution in [0.2, 0.25) is 10.0 Å². The molecule has 0 spiro atoms. The van der Waals surface area contributed by atoms with Crippen molar-refractivity contribution in [3.63, 3.8) is 0 Å². The van der Waals surface area contributed by atoms with Gasteiger partial charge in [0.25, 0.3) is 5.91 Å². The quantitative estimate of drug-likeness (QED) is 0.553. The van der Waals surface area contributed by atoms with Gasteiger partial charge in [-0.3, -0.25) is 9.48 Å². The van der Waals surface area contributed by atoms with E-state index in [1.807, 2.05) is 0 Å². The van der Waals surface area contributed by atoms with Crippen molar-refractivity contribution in [3.8, 4) is 11.5 Å². The summed E-state index contributed by atoms with van der Waals surface area (Å²) in [7, 11) is 1.29. The van der Waals surface area contributed by atoms with Crippen molar-refractivity contribution < 1.29 is 23.0 Å². The second kappa shape index (κ2) is 9.11. The number of aromatic nitrogens is 2. The Balaban J connectivity index is 1.72. The van der Waals surface area contributed by atoms with Gasteiger partial charge in [-0.2, -0.15) is 13.9 Å². The Bertz CT molecular complexity index is 1010. The van der Waals surface area contributed by atoms with Crippen molar-refractivity contribution >= 4 is 34.9 Å². The van der Waals surface area contributed by atoms with Crippen molar-refractivity contribution in [2.24, 2.45) is 0 Å². The Morgan fingerprint density at radius 2 is 1.90 bits per heavy atom. The van der Waals surface area contributed by atoms with Crippen LogP contribution in [0, 0.1) is 0 Å². The normalized spacial score (nSPS) is 10.8. The highest BCUT2D eigenvalue weighted by molar-refractivity contribution is 6.35. The largest absolute Gasteiger partial charge is 0.493 e. The summed E-state index contributed by atoms with van der Waals surface area (Å²) in [5, 5.41) is 7.91. The van der Waals surface area contributed by atoms with Crippen LogP contribution in [0.3, 0.4) is 0 Å². The van der Waals surface area contributed by atoms with E-state index < -0.39 is 12.5 Å². The molecule has 0 aliphatic carbocycles. The van der Waals surface area contributed by atoms with E-state index in [4.69, 9.17) is 27.9 Å². The maximum absolute atomic E-state index is 12.4. The summed E-state index contributed by atoms with van der Waals surface area (Å²) in [6, 6.07) is 10.7. The zero-order chi connectivity index (χ0) is 21.0. The number of benzene rings is 2. The molecule has 0 saturated heterocycles. The number of nitrogens with one attached hydrogen (secondary N) is 1. The summed E-state index contributed by atoms with van der Waals surface area (Å²) in [5.74, 6) is -0.352. The summed E-state index contributed by atoms with van der Waals surface area (Å²) < 4.78 is 35.7. The second-order valence-electron chi connectivity index (χ2n) is 5.80. The van der Waals surface area contributed by atoms with Crippen LogP contribution in [0.1, 0.15) is 15.9 Å². The number of alkyl halides is 2. The molecule has 1 aromatic heterocycles. The smallest absolute Gasteiger partial charge is 0.387 e. The molecule has 0 saturated carbocycles. The molecule has 3 rings (SSSR count). The Kier molecular flexibility index (Phi) is 6.56. The number of rotatable bonds is 7. The first-order valence-electron chi connectivity index (χ1n) is 8.28. The van der Waals surface area contributed by atoms with Crippen LogP contribution in [0.4, 0.5) is 14.6 Å². The van der Waals surface area contributed by atoms with Gasteiger partial charge in [0, 0.05) is 33.4 Å². The van der Waals surface area contributed by atoms with Crippen molar-refractivity contribution in [3.05, 3.63) is 69.8 Å². The summed E-state index contributed by atoms with van der Waals surface area (Å²) in [5.41, 5.74) is 0.892. The van der Waals surface area contributed by atoms with E-state index in [1.54, 1.807) is 35.1 Å². The van der Waals surface area contributed by atoms with E-state index in [1.165, 1.54) is 25.3 Å². The van der Waals surface area contributed by atoms with Crippen molar-refractivity contribution in [2.45, 2.75) is 13.2 Å². The summed E-state index contributed by atoms with van der Waals surface area (Å²) in [6.07, 6.45) is 1.66. The minimum Gasteiger partial charge on any atom is -0.493 e. The van der Waals surface area contributed by atoms with Crippen LogP contribution in [-0.2, 0) is 6.54 Å². The maximum atomic E-state index is 12.4. The molecule has 0 aliphatic heterocycles. The lowest BCUT2D eigenvalue weighted by atomic mass is 10.2. The fraction of sp³-hybridized carbons (Fsp3) is 0.158. The molecule has 0 fully saturated rings. The van der Waals surface area contributed by atoms with Gasteiger partial charge in [-0.15, -0.1) is 0 Å². The molecule has 0 atom stereocenters. The first-order chi connectivity index (χ1) is 13.9. The molecule has 1 N–H and O–H groups in total. The number of carbonyl (C=O) groups excluding carboxylic acids is 1. The molecule has 3 aromatic rings. The van der Waals surface area contributed by atoms with E-state index in [0.717, 1.165) is 0 Å². The van der Waals surface area contributed by atoms with Crippen LogP contribution in [0.15, 0.2) is 48.7 Å². The number of anilines is 1. The van der Waals surface area contributed by atoms with Crippen molar-refractivity contribution in [2.75, 3.05) is 12.4 Å². The lowest BCUT2D eigenvalue weighted by Gasteiger charge is -2.11. The number of methoxy groups -OCH3 is 1. The van der Waals surface area contributed by atoms with Gasteiger partial charge in [0.15, 0.2) is 17.3 Å². The molecular weight excluding hydrogens is 427 g/mol. The molecule has 1 heterocycles. The van der Waals surface area contributed by atoms with Crippen molar-refractivity contribution in [1.82, 2.24) is 9.78 Å². The molecule has 10 heteroatoms. The van der Waals surface area contributed by atoms with Gasteiger partial charge in [-0.05, 0) is 30.3 Å². The van der Waals surface area contributed by atoms with Gasteiger partial charge < -0.3 is 14.8 Å².